The topological polar surface area (TPSA) is 69.4 Å². The van der Waals surface area contributed by atoms with Crippen molar-refractivity contribution in [3.8, 4) is 22.8 Å². The van der Waals surface area contributed by atoms with Crippen LogP contribution in [0.3, 0.4) is 0 Å². The van der Waals surface area contributed by atoms with Gasteiger partial charge < -0.3 is 20.5 Å². The monoisotopic (exact) mass is 477 g/mol. The van der Waals surface area contributed by atoms with Gasteiger partial charge in [-0.05, 0) is 11.6 Å². The number of nitrogens with zero attached hydrogens (tertiary/aromatic N) is 1. The molecule has 2 aromatic carbocycles. The second-order valence-corrected chi connectivity index (χ2v) is 7.57. The lowest BCUT2D eigenvalue weighted by atomic mass is 10.1. The molecule has 0 unspecified atom stereocenters. The van der Waals surface area contributed by atoms with Gasteiger partial charge in [-0.1, -0.05) is 59.6 Å². The Morgan fingerprint density at radius 3 is 2.23 bits per heavy atom. The SMILES string of the molecule is COc1cc(OC)c(Cl)c(-c2cc(=C/N)/c(=C\CCl)c(NCc3ccccc3)n2)c1Cl. The molecule has 0 bridgehead atoms. The number of aromatic nitrogens is 1. The van der Waals surface area contributed by atoms with E-state index in [0.717, 1.165) is 16.0 Å². The quantitative estimate of drug-likeness (QED) is 0.493. The summed E-state index contributed by atoms with van der Waals surface area (Å²) in [4.78, 5) is 4.80. The van der Waals surface area contributed by atoms with E-state index in [1.807, 2.05) is 36.4 Å². The number of methoxy groups -OCH3 is 2. The number of nitrogens with one attached hydrogen (secondary N) is 1. The smallest absolute Gasteiger partial charge is 0.141 e. The highest BCUT2D eigenvalue weighted by molar-refractivity contribution is 6.41. The number of pyridine rings is 1. The largest absolute Gasteiger partial charge is 0.495 e. The highest BCUT2D eigenvalue weighted by Gasteiger charge is 2.20. The van der Waals surface area contributed by atoms with E-state index in [-0.39, 0.29) is 0 Å². The van der Waals surface area contributed by atoms with Crippen LogP contribution in [0.4, 0.5) is 5.82 Å². The predicted octanol–water partition coefficient (Wildman–Crippen LogP) is 4.40. The lowest BCUT2D eigenvalue weighted by Crippen LogP contribution is -2.31. The van der Waals surface area contributed by atoms with Crippen LogP contribution in [0.5, 0.6) is 11.5 Å². The fraction of sp³-hybridized carbons (Fsp3) is 0.174. The average Bonchev–Trinajstić information content (AvgIpc) is 2.79. The summed E-state index contributed by atoms with van der Waals surface area (Å²) < 4.78 is 10.8. The molecule has 0 aliphatic heterocycles. The van der Waals surface area contributed by atoms with E-state index in [2.05, 4.69) is 5.32 Å². The highest BCUT2D eigenvalue weighted by Crippen LogP contribution is 2.45. The Bertz CT molecular complexity index is 1160. The molecule has 0 saturated carbocycles. The Morgan fingerprint density at radius 2 is 1.68 bits per heavy atom. The van der Waals surface area contributed by atoms with Crippen molar-refractivity contribution in [2.45, 2.75) is 6.54 Å². The van der Waals surface area contributed by atoms with Gasteiger partial charge in [0.2, 0.25) is 0 Å². The zero-order valence-corrected chi connectivity index (χ0v) is 19.4. The predicted molar refractivity (Wildman–Crippen MR) is 130 cm³/mol. The Kier molecular flexibility index (Phi) is 7.91. The fourth-order valence-corrected chi connectivity index (χ4v) is 4.01. The van der Waals surface area contributed by atoms with E-state index in [9.17, 15) is 0 Å². The van der Waals surface area contributed by atoms with E-state index < -0.39 is 0 Å². The van der Waals surface area contributed by atoms with Crippen molar-refractivity contribution in [1.29, 1.82) is 0 Å². The number of alkyl halides is 1. The van der Waals surface area contributed by atoms with E-state index >= 15 is 0 Å². The first-order valence-electron chi connectivity index (χ1n) is 9.41. The van der Waals surface area contributed by atoms with Crippen molar-refractivity contribution in [3.05, 3.63) is 68.5 Å². The standard InChI is InChI=1S/C23H22Cl3N3O2/c1-30-18-11-19(31-2)22(26)20(21(18)25)17-10-15(12-27)16(8-9-24)23(29-17)28-13-14-6-4-3-5-7-14/h3-8,10-12H,9,13,27H2,1-2H3,(H,28,29)/b15-12-,16-8+. The van der Waals surface area contributed by atoms with Gasteiger partial charge >= 0.3 is 0 Å². The number of hydrogen-bond acceptors (Lipinski definition) is 5. The Hall–Kier alpha value is -2.60. The molecular weight excluding hydrogens is 457 g/mol. The molecule has 0 saturated heterocycles. The third kappa shape index (κ3) is 5.01. The Morgan fingerprint density at radius 1 is 1.03 bits per heavy atom. The minimum atomic E-state index is 0.302. The molecule has 3 N–H and O–H groups in total. The Balaban J connectivity index is 2.22. The summed E-state index contributed by atoms with van der Waals surface area (Å²) >= 11 is 19.2. The lowest BCUT2D eigenvalue weighted by Gasteiger charge is -2.16. The number of rotatable bonds is 7. The molecule has 0 spiro atoms. The average molecular weight is 479 g/mol. The molecule has 0 aliphatic carbocycles. The lowest BCUT2D eigenvalue weighted by molar-refractivity contribution is 0.395. The highest BCUT2D eigenvalue weighted by atomic mass is 35.5. The second-order valence-electron chi connectivity index (χ2n) is 6.51. The summed E-state index contributed by atoms with van der Waals surface area (Å²) in [6.45, 7) is 0.563. The molecule has 1 heterocycles. The molecule has 3 aromatic rings. The van der Waals surface area contributed by atoms with Crippen molar-refractivity contribution in [2.75, 3.05) is 25.4 Å². The van der Waals surface area contributed by atoms with Gasteiger partial charge in [0.15, 0.2) is 0 Å². The number of nitrogens with two attached hydrogens (primary N) is 1. The molecule has 31 heavy (non-hydrogen) atoms. The van der Waals surface area contributed by atoms with Crippen LogP contribution in [0.2, 0.25) is 10.0 Å². The normalized spacial score (nSPS) is 12.2. The second kappa shape index (κ2) is 10.6. The molecule has 162 valence electrons. The van der Waals surface area contributed by atoms with Crippen LogP contribution in [0, 0.1) is 0 Å². The fourth-order valence-electron chi connectivity index (χ4n) is 3.16. The first-order valence-corrected chi connectivity index (χ1v) is 10.7. The third-order valence-electron chi connectivity index (χ3n) is 4.68. The summed E-state index contributed by atoms with van der Waals surface area (Å²) in [6.07, 6.45) is 3.34. The van der Waals surface area contributed by atoms with Gasteiger partial charge in [-0.15, -0.1) is 11.6 Å². The maximum atomic E-state index is 6.60. The van der Waals surface area contributed by atoms with Gasteiger partial charge in [-0.3, -0.25) is 0 Å². The van der Waals surface area contributed by atoms with Gasteiger partial charge in [-0.25, -0.2) is 4.98 Å². The summed E-state index contributed by atoms with van der Waals surface area (Å²) in [5.74, 6) is 1.75. The van der Waals surface area contributed by atoms with E-state index in [4.69, 9.17) is 55.0 Å². The Labute approximate surface area is 196 Å². The van der Waals surface area contributed by atoms with E-state index in [1.165, 1.54) is 20.4 Å². The van der Waals surface area contributed by atoms with Gasteiger partial charge in [0.05, 0.1) is 30.0 Å². The molecule has 0 fully saturated rings. The van der Waals surface area contributed by atoms with E-state index in [0.29, 0.717) is 51.0 Å². The minimum absolute atomic E-state index is 0.302. The van der Waals surface area contributed by atoms with Crippen molar-refractivity contribution in [1.82, 2.24) is 4.98 Å². The molecule has 8 heteroatoms. The third-order valence-corrected chi connectivity index (χ3v) is 5.59. The summed E-state index contributed by atoms with van der Waals surface area (Å²) in [7, 11) is 3.05. The van der Waals surface area contributed by atoms with Crippen LogP contribution in [0.15, 0.2) is 42.5 Å². The van der Waals surface area contributed by atoms with Crippen molar-refractivity contribution >= 4 is 52.9 Å². The van der Waals surface area contributed by atoms with E-state index in [1.54, 1.807) is 12.1 Å². The molecule has 0 aliphatic rings. The van der Waals surface area contributed by atoms with Gasteiger partial charge in [0.1, 0.15) is 17.3 Å². The van der Waals surface area contributed by atoms with Crippen LogP contribution >= 0.6 is 34.8 Å². The van der Waals surface area contributed by atoms with Crippen LogP contribution in [-0.4, -0.2) is 25.1 Å². The molecule has 0 amide bonds. The first kappa shape index (κ1) is 23.1. The number of ether oxygens (including phenoxy) is 2. The zero-order valence-electron chi connectivity index (χ0n) is 17.1. The minimum Gasteiger partial charge on any atom is -0.495 e. The summed E-state index contributed by atoms with van der Waals surface area (Å²) in [5.41, 5.74) is 8.04. The molecular formula is C23H22Cl3N3O2. The van der Waals surface area contributed by atoms with Crippen LogP contribution in [0.1, 0.15) is 5.56 Å². The first-order chi connectivity index (χ1) is 15.0. The number of anilines is 1. The zero-order chi connectivity index (χ0) is 22.4. The van der Waals surface area contributed by atoms with Gasteiger partial charge in [-0.2, -0.15) is 0 Å². The van der Waals surface area contributed by atoms with Crippen molar-refractivity contribution in [2.24, 2.45) is 5.73 Å². The van der Waals surface area contributed by atoms with Crippen molar-refractivity contribution < 1.29 is 9.47 Å². The number of hydrogen-bond donors (Lipinski definition) is 2. The van der Waals surface area contributed by atoms with Crippen LogP contribution in [0.25, 0.3) is 23.5 Å². The number of benzene rings is 2. The van der Waals surface area contributed by atoms with Crippen molar-refractivity contribution in [3.63, 3.8) is 0 Å². The van der Waals surface area contributed by atoms with Crippen LogP contribution < -0.4 is 31.0 Å². The maximum Gasteiger partial charge on any atom is 0.141 e. The molecule has 3 rings (SSSR count). The summed E-state index contributed by atoms with van der Waals surface area (Å²) in [6, 6.07) is 13.4. The number of halogens is 3. The molecule has 0 radical (unpaired) electrons. The van der Waals surface area contributed by atoms with Crippen LogP contribution in [-0.2, 0) is 6.54 Å². The maximum absolute atomic E-state index is 6.60. The molecule has 5 nitrogen and oxygen atoms in total. The summed E-state index contributed by atoms with van der Waals surface area (Å²) in [5, 5.41) is 5.54. The van der Waals surface area contributed by atoms with Gasteiger partial charge in [0, 0.05) is 40.7 Å². The van der Waals surface area contributed by atoms with Gasteiger partial charge in [0.25, 0.3) is 0 Å². The molecule has 0 atom stereocenters. The molecule has 1 aromatic heterocycles.